The van der Waals surface area contributed by atoms with E-state index in [4.69, 9.17) is 26.8 Å². The van der Waals surface area contributed by atoms with Gasteiger partial charge in [-0.3, -0.25) is 4.79 Å². The average molecular weight is 351 g/mol. The molecule has 2 aliphatic rings. The molecule has 0 aliphatic carbocycles. The van der Waals surface area contributed by atoms with Gasteiger partial charge in [0.05, 0.1) is 11.7 Å². The van der Waals surface area contributed by atoms with Crippen molar-refractivity contribution in [3.8, 4) is 5.75 Å². The standard InChI is InChI=1S/C18H23ClN2O3/c19-15-2-3-17-13(11-15)10-14(12-24-17)18(22)21-7-4-16(5-8-21)23-9-1-6-20/h2-3,10-11,16H,1,4-9,12,20H2. The summed E-state index contributed by atoms with van der Waals surface area (Å²) in [5, 5.41) is 0.637. The van der Waals surface area contributed by atoms with E-state index in [1.807, 2.05) is 23.1 Å². The van der Waals surface area contributed by atoms with Crippen molar-refractivity contribution in [2.45, 2.75) is 25.4 Å². The molecule has 0 aromatic heterocycles. The number of rotatable bonds is 5. The Morgan fingerprint density at radius 2 is 2.17 bits per heavy atom. The van der Waals surface area contributed by atoms with Crippen LogP contribution in [0.15, 0.2) is 23.8 Å². The van der Waals surface area contributed by atoms with E-state index in [0.29, 0.717) is 43.4 Å². The quantitative estimate of drug-likeness (QED) is 0.828. The molecule has 1 saturated heterocycles. The van der Waals surface area contributed by atoms with E-state index in [0.717, 1.165) is 30.6 Å². The lowest BCUT2D eigenvalue weighted by atomic mass is 10.0. The molecular weight excluding hydrogens is 328 g/mol. The smallest absolute Gasteiger partial charge is 0.253 e. The fourth-order valence-corrected chi connectivity index (χ4v) is 3.21. The molecule has 0 saturated carbocycles. The number of amides is 1. The first-order chi connectivity index (χ1) is 11.7. The van der Waals surface area contributed by atoms with Gasteiger partial charge in [0, 0.05) is 30.3 Å². The normalized spacial score (nSPS) is 17.9. The van der Waals surface area contributed by atoms with E-state index in [9.17, 15) is 4.79 Å². The minimum atomic E-state index is 0.0426. The Kier molecular flexibility index (Phi) is 5.76. The Morgan fingerprint density at radius 1 is 1.38 bits per heavy atom. The van der Waals surface area contributed by atoms with Gasteiger partial charge in [-0.25, -0.2) is 0 Å². The van der Waals surface area contributed by atoms with Gasteiger partial charge >= 0.3 is 0 Å². The third kappa shape index (κ3) is 4.09. The summed E-state index contributed by atoms with van der Waals surface area (Å²) in [6, 6.07) is 5.44. The van der Waals surface area contributed by atoms with Gasteiger partial charge in [-0.1, -0.05) is 11.6 Å². The molecule has 1 amide bonds. The minimum absolute atomic E-state index is 0.0426. The highest BCUT2D eigenvalue weighted by molar-refractivity contribution is 6.30. The van der Waals surface area contributed by atoms with E-state index in [1.165, 1.54) is 0 Å². The first kappa shape index (κ1) is 17.3. The van der Waals surface area contributed by atoms with Crippen LogP contribution in [-0.2, 0) is 9.53 Å². The SMILES string of the molecule is NCCCOC1CCN(C(=O)C2=Cc3cc(Cl)ccc3OC2)CC1. The zero-order chi connectivity index (χ0) is 16.9. The van der Waals surface area contributed by atoms with Gasteiger partial charge in [0.15, 0.2) is 0 Å². The van der Waals surface area contributed by atoms with Gasteiger partial charge in [0.2, 0.25) is 0 Å². The number of nitrogens with two attached hydrogens (primary N) is 1. The van der Waals surface area contributed by atoms with Crippen LogP contribution in [0.2, 0.25) is 5.02 Å². The summed E-state index contributed by atoms with van der Waals surface area (Å²) in [6.07, 6.45) is 4.74. The largest absolute Gasteiger partial charge is 0.488 e. The van der Waals surface area contributed by atoms with Crippen molar-refractivity contribution in [1.29, 1.82) is 0 Å². The van der Waals surface area contributed by atoms with Crippen molar-refractivity contribution < 1.29 is 14.3 Å². The maximum absolute atomic E-state index is 12.7. The first-order valence-corrected chi connectivity index (χ1v) is 8.79. The van der Waals surface area contributed by atoms with E-state index >= 15 is 0 Å². The highest BCUT2D eigenvalue weighted by Gasteiger charge is 2.27. The molecule has 3 rings (SSSR count). The summed E-state index contributed by atoms with van der Waals surface area (Å²) < 4.78 is 11.5. The van der Waals surface area contributed by atoms with Crippen molar-refractivity contribution >= 4 is 23.6 Å². The summed E-state index contributed by atoms with van der Waals surface area (Å²) in [6.45, 7) is 3.08. The average Bonchev–Trinajstić information content (AvgIpc) is 2.61. The van der Waals surface area contributed by atoms with E-state index in [1.54, 1.807) is 6.07 Å². The molecule has 1 aromatic rings. The fourth-order valence-electron chi connectivity index (χ4n) is 3.03. The number of hydrogen-bond acceptors (Lipinski definition) is 4. The van der Waals surface area contributed by atoms with Gasteiger partial charge in [-0.2, -0.15) is 0 Å². The van der Waals surface area contributed by atoms with Crippen LogP contribution in [0.4, 0.5) is 0 Å². The maximum atomic E-state index is 12.7. The van der Waals surface area contributed by atoms with Crippen LogP contribution in [-0.4, -0.2) is 49.8 Å². The first-order valence-electron chi connectivity index (χ1n) is 8.41. The molecule has 5 nitrogen and oxygen atoms in total. The molecule has 1 aromatic carbocycles. The molecule has 0 spiro atoms. The second-order valence-electron chi connectivity index (χ2n) is 6.14. The number of piperidine rings is 1. The topological polar surface area (TPSA) is 64.8 Å². The third-order valence-corrected chi connectivity index (χ3v) is 4.63. The van der Waals surface area contributed by atoms with Crippen LogP contribution >= 0.6 is 11.6 Å². The fraction of sp³-hybridized carbons (Fsp3) is 0.500. The van der Waals surface area contributed by atoms with Crippen LogP contribution < -0.4 is 10.5 Å². The van der Waals surface area contributed by atoms with E-state index in [-0.39, 0.29) is 12.0 Å². The number of nitrogens with zero attached hydrogens (tertiary/aromatic N) is 1. The number of carbonyl (C=O) groups excluding carboxylic acids is 1. The monoisotopic (exact) mass is 350 g/mol. The number of fused-ring (bicyclic) bond motifs is 1. The van der Waals surface area contributed by atoms with Gasteiger partial charge in [0.1, 0.15) is 12.4 Å². The minimum Gasteiger partial charge on any atom is -0.488 e. The molecule has 2 aliphatic heterocycles. The molecule has 1 fully saturated rings. The Labute approximate surface area is 147 Å². The van der Waals surface area contributed by atoms with Gasteiger partial charge in [-0.05, 0) is 50.1 Å². The highest BCUT2D eigenvalue weighted by atomic mass is 35.5. The molecule has 24 heavy (non-hydrogen) atoms. The molecule has 0 unspecified atom stereocenters. The lowest BCUT2D eigenvalue weighted by Crippen LogP contribution is -2.42. The number of halogens is 1. The predicted molar refractivity (Wildman–Crippen MR) is 94.1 cm³/mol. The van der Waals surface area contributed by atoms with Crippen molar-refractivity contribution in [3.63, 3.8) is 0 Å². The Balaban J connectivity index is 1.58. The predicted octanol–water partition coefficient (Wildman–Crippen LogP) is 2.47. The molecule has 6 heteroatoms. The Bertz CT molecular complexity index is 625. The van der Waals surface area contributed by atoms with Crippen LogP contribution in [0.1, 0.15) is 24.8 Å². The van der Waals surface area contributed by atoms with Crippen LogP contribution in [0, 0.1) is 0 Å². The van der Waals surface area contributed by atoms with Crippen LogP contribution in [0.3, 0.4) is 0 Å². The van der Waals surface area contributed by atoms with Crippen molar-refractivity contribution in [3.05, 3.63) is 34.4 Å². The number of benzene rings is 1. The van der Waals surface area contributed by atoms with Crippen LogP contribution in [0.25, 0.3) is 6.08 Å². The van der Waals surface area contributed by atoms with Crippen molar-refractivity contribution in [2.24, 2.45) is 5.73 Å². The zero-order valence-electron chi connectivity index (χ0n) is 13.7. The molecule has 0 radical (unpaired) electrons. The summed E-state index contributed by atoms with van der Waals surface area (Å²) in [5.74, 6) is 0.809. The number of ether oxygens (including phenoxy) is 2. The highest BCUT2D eigenvalue weighted by Crippen LogP contribution is 2.30. The molecule has 130 valence electrons. The Morgan fingerprint density at radius 3 is 2.92 bits per heavy atom. The summed E-state index contributed by atoms with van der Waals surface area (Å²) in [5.41, 5.74) is 7.00. The van der Waals surface area contributed by atoms with Gasteiger partial charge in [-0.15, -0.1) is 0 Å². The van der Waals surface area contributed by atoms with Crippen molar-refractivity contribution in [2.75, 3.05) is 32.8 Å². The molecular formula is C18H23ClN2O3. The molecule has 0 bridgehead atoms. The summed E-state index contributed by atoms with van der Waals surface area (Å²) in [7, 11) is 0. The molecule has 2 heterocycles. The lowest BCUT2D eigenvalue weighted by molar-refractivity contribution is -0.130. The van der Waals surface area contributed by atoms with Crippen LogP contribution in [0.5, 0.6) is 5.75 Å². The van der Waals surface area contributed by atoms with Gasteiger partial charge < -0.3 is 20.1 Å². The van der Waals surface area contributed by atoms with E-state index < -0.39 is 0 Å². The molecule has 2 N–H and O–H groups in total. The number of carbonyl (C=O) groups is 1. The van der Waals surface area contributed by atoms with Gasteiger partial charge in [0.25, 0.3) is 5.91 Å². The second-order valence-corrected chi connectivity index (χ2v) is 6.58. The van der Waals surface area contributed by atoms with Crippen molar-refractivity contribution in [1.82, 2.24) is 4.90 Å². The number of likely N-dealkylation sites (tertiary alicyclic amines) is 1. The summed E-state index contributed by atoms with van der Waals surface area (Å²) >= 11 is 6.02. The number of hydrogen-bond donors (Lipinski definition) is 1. The molecule has 0 atom stereocenters. The lowest BCUT2D eigenvalue weighted by Gasteiger charge is -2.33. The summed E-state index contributed by atoms with van der Waals surface area (Å²) in [4.78, 5) is 14.6. The van der Waals surface area contributed by atoms with E-state index in [2.05, 4.69) is 0 Å². The second kappa shape index (κ2) is 8.01. The third-order valence-electron chi connectivity index (χ3n) is 4.39. The Hall–Kier alpha value is -1.56. The maximum Gasteiger partial charge on any atom is 0.253 e. The zero-order valence-corrected chi connectivity index (χ0v) is 14.4.